The van der Waals surface area contributed by atoms with E-state index in [0.29, 0.717) is 25.5 Å². The van der Waals surface area contributed by atoms with Crippen LogP contribution in [0.1, 0.15) is 32.8 Å². The molecule has 2 N–H and O–H groups in total. The van der Waals surface area contributed by atoms with Crippen molar-refractivity contribution >= 4 is 15.8 Å². The van der Waals surface area contributed by atoms with E-state index in [9.17, 15) is 8.42 Å². The number of ether oxygens (including phenoxy) is 1. The minimum Gasteiger partial charge on any atom is -0.494 e. The Morgan fingerprint density at radius 1 is 1.32 bits per heavy atom. The molecule has 0 fully saturated rings. The number of benzene rings is 1. The standard InChI is InChI=1S/C18H31N3O3S/c1-5-19-18(21-15(3)11-13-25(4,22)23)20-12-10-16-8-7-9-17(14-16)24-6-2/h7-9,14-15H,5-6,10-13H2,1-4H3,(H2,19,20,21). The molecule has 25 heavy (non-hydrogen) atoms. The van der Waals surface area contributed by atoms with Crippen LogP contribution >= 0.6 is 0 Å². The second-order valence-electron chi connectivity index (χ2n) is 6.06. The Morgan fingerprint density at radius 2 is 2.08 bits per heavy atom. The van der Waals surface area contributed by atoms with Crippen molar-refractivity contribution in [3.63, 3.8) is 0 Å². The van der Waals surface area contributed by atoms with Gasteiger partial charge in [-0.3, -0.25) is 4.99 Å². The predicted octanol–water partition coefficient (Wildman–Crippen LogP) is 2.01. The molecule has 1 aromatic rings. The number of hydrogen-bond acceptors (Lipinski definition) is 4. The fraction of sp³-hybridized carbons (Fsp3) is 0.611. The Labute approximate surface area is 152 Å². The molecular formula is C18H31N3O3S. The number of guanidine groups is 1. The molecule has 1 rings (SSSR count). The van der Waals surface area contributed by atoms with E-state index in [1.54, 1.807) is 0 Å². The molecule has 0 spiro atoms. The second kappa shape index (κ2) is 11.0. The Bertz CT molecular complexity index is 645. The fourth-order valence-corrected chi connectivity index (χ4v) is 3.05. The van der Waals surface area contributed by atoms with Crippen LogP contribution < -0.4 is 15.4 Å². The van der Waals surface area contributed by atoms with E-state index in [1.807, 2.05) is 39.0 Å². The van der Waals surface area contributed by atoms with Crippen molar-refractivity contribution in [1.29, 1.82) is 0 Å². The van der Waals surface area contributed by atoms with Crippen molar-refractivity contribution in [1.82, 2.24) is 10.6 Å². The highest BCUT2D eigenvalue weighted by Gasteiger charge is 2.09. The second-order valence-corrected chi connectivity index (χ2v) is 8.31. The van der Waals surface area contributed by atoms with Gasteiger partial charge in [-0.25, -0.2) is 8.42 Å². The first-order valence-corrected chi connectivity index (χ1v) is 10.8. The van der Waals surface area contributed by atoms with E-state index in [-0.39, 0.29) is 11.8 Å². The number of aliphatic imine (C=N–C) groups is 1. The number of rotatable bonds is 10. The Hall–Kier alpha value is -1.76. The molecule has 0 saturated carbocycles. The Kier molecular flexibility index (Phi) is 9.34. The van der Waals surface area contributed by atoms with Crippen molar-refractivity contribution in [2.75, 3.05) is 31.7 Å². The zero-order chi connectivity index (χ0) is 18.7. The third-order valence-corrected chi connectivity index (χ3v) is 4.51. The number of nitrogens with zero attached hydrogens (tertiary/aromatic N) is 1. The van der Waals surface area contributed by atoms with Gasteiger partial charge in [0.05, 0.1) is 12.4 Å². The van der Waals surface area contributed by atoms with Crippen LogP contribution in [0, 0.1) is 0 Å². The summed E-state index contributed by atoms with van der Waals surface area (Å²) in [5, 5.41) is 6.45. The SMILES string of the molecule is CCNC(=NCCc1cccc(OCC)c1)NC(C)CCS(C)(=O)=O. The molecule has 0 saturated heterocycles. The van der Waals surface area contributed by atoms with Crippen LogP contribution in [0.25, 0.3) is 0 Å². The van der Waals surface area contributed by atoms with Crippen LogP contribution in [0.5, 0.6) is 5.75 Å². The van der Waals surface area contributed by atoms with E-state index in [0.717, 1.165) is 18.7 Å². The summed E-state index contributed by atoms with van der Waals surface area (Å²) in [4.78, 5) is 4.57. The van der Waals surface area contributed by atoms with Crippen molar-refractivity contribution in [3.8, 4) is 5.75 Å². The maximum absolute atomic E-state index is 11.3. The average Bonchev–Trinajstić information content (AvgIpc) is 2.53. The quantitative estimate of drug-likeness (QED) is 0.487. The maximum Gasteiger partial charge on any atom is 0.191 e. The summed E-state index contributed by atoms with van der Waals surface area (Å²) in [5.41, 5.74) is 1.18. The molecule has 0 aliphatic carbocycles. The van der Waals surface area contributed by atoms with E-state index in [4.69, 9.17) is 4.74 Å². The number of sulfone groups is 1. The van der Waals surface area contributed by atoms with Crippen LogP contribution in [0.4, 0.5) is 0 Å². The first-order valence-electron chi connectivity index (χ1n) is 8.78. The zero-order valence-electron chi connectivity index (χ0n) is 15.7. The molecule has 0 aliphatic rings. The molecule has 1 aromatic carbocycles. The van der Waals surface area contributed by atoms with Crippen molar-refractivity contribution in [2.45, 2.75) is 39.7 Å². The highest BCUT2D eigenvalue weighted by Crippen LogP contribution is 2.13. The predicted molar refractivity (Wildman–Crippen MR) is 104 cm³/mol. The van der Waals surface area contributed by atoms with E-state index in [1.165, 1.54) is 11.8 Å². The van der Waals surface area contributed by atoms with Gasteiger partial charge in [0.25, 0.3) is 0 Å². The number of nitrogens with one attached hydrogen (secondary N) is 2. The van der Waals surface area contributed by atoms with Gasteiger partial charge in [-0.05, 0) is 51.3 Å². The summed E-state index contributed by atoms with van der Waals surface area (Å²) >= 11 is 0. The molecule has 0 radical (unpaired) electrons. The van der Waals surface area contributed by atoms with E-state index >= 15 is 0 Å². The van der Waals surface area contributed by atoms with Crippen molar-refractivity contribution in [3.05, 3.63) is 29.8 Å². The van der Waals surface area contributed by atoms with Crippen LogP contribution in [-0.2, 0) is 16.3 Å². The van der Waals surface area contributed by atoms with E-state index < -0.39 is 9.84 Å². The van der Waals surface area contributed by atoms with Crippen LogP contribution in [0.2, 0.25) is 0 Å². The smallest absolute Gasteiger partial charge is 0.191 e. The molecule has 6 nitrogen and oxygen atoms in total. The Morgan fingerprint density at radius 3 is 2.72 bits per heavy atom. The summed E-state index contributed by atoms with van der Waals surface area (Å²) in [6.45, 7) is 7.99. The largest absolute Gasteiger partial charge is 0.494 e. The summed E-state index contributed by atoms with van der Waals surface area (Å²) in [6.07, 6.45) is 2.63. The third kappa shape index (κ3) is 9.96. The lowest BCUT2D eigenvalue weighted by molar-refractivity contribution is 0.340. The van der Waals surface area contributed by atoms with Gasteiger partial charge in [0.2, 0.25) is 0 Å². The van der Waals surface area contributed by atoms with Gasteiger partial charge in [0.15, 0.2) is 5.96 Å². The lowest BCUT2D eigenvalue weighted by atomic mass is 10.1. The molecule has 7 heteroatoms. The highest BCUT2D eigenvalue weighted by molar-refractivity contribution is 7.90. The van der Waals surface area contributed by atoms with Gasteiger partial charge in [-0.1, -0.05) is 12.1 Å². The average molecular weight is 370 g/mol. The van der Waals surface area contributed by atoms with Crippen LogP contribution in [0.3, 0.4) is 0 Å². The summed E-state index contributed by atoms with van der Waals surface area (Å²) in [6, 6.07) is 8.07. The molecule has 142 valence electrons. The molecule has 0 aliphatic heterocycles. The molecular weight excluding hydrogens is 338 g/mol. The number of hydrogen-bond donors (Lipinski definition) is 2. The summed E-state index contributed by atoms with van der Waals surface area (Å²) in [7, 11) is -2.94. The van der Waals surface area contributed by atoms with Crippen molar-refractivity contribution < 1.29 is 13.2 Å². The molecule has 1 unspecified atom stereocenters. The molecule has 1 atom stereocenters. The normalized spacial score (nSPS) is 13.4. The van der Waals surface area contributed by atoms with Crippen LogP contribution in [0.15, 0.2) is 29.3 Å². The topological polar surface area (TPSA) is 79.8 Å². The molecule has 0 bridgehead atoms. The lowest BCUT2D eigenvalue weighted by Crippen LogP contribution is -2.43. The fourth-order valence-electron chi connectivity index (χ4n) is 2.27. The monoisotopic (exact) mass is 369 g/mol. The molecule has 0 heterocycles. The Balaban J connectivity index is 2.55. The lowest BCUT2D eigenvalue weighted by Gasteiger charge is -2.17. The van der Waals surface area contributed by atoms with Gasteiger partial charge in [-0.15, -0.1) is 0 Å². The van der Waals surface area contributed by atoms with Gasteiger partial charge < -0.3 is 15.4 Å². The first kappa shape index (κ1) is 21.3. The van der Waals surface area contributed by atoms with Gasteiger partial charge in [-0.2, -0.15) is 0 Å². The summed E-state index contributed by atoms with van der Waals surface area (Å²) in [5.74, 6) is 1.76. The van der Waals surface area contributed by atoms with Crippen molar-refractivity contribution in [2.24, 2.45) is 4.99 Å². The van der Waals surface area contributed by atoms with Gasteiger partial charge >= 0.3 is 0 Å². The molecule has 0 amide bonds. The third-order valence-electron chi connectivity index (χ3n) is 3.53. The van der Waals surface area contributed by atoms with Gasteiger partial charge in [0, 0.05) is 25.4 Å². The minimum atomic E-state index is -2.94. The highest BCUT2D eigenvalue weighted by atomic mass is 32.2. The summed E-state index contributed by atoms with van der Waals surface area (Å²) < 4.78 is 28.0. The minimum absolute atomic E-state index is 0.0359. The maximum atomic E-state index is 11.3. The van der Waals surface area contributed by atoms with Gasteiger partial charge in [0.1, 0.15) is 15.6 Å². The first-order chi connectivity index (χ1) is 11.8. The van der Waals surface area contributed by atoms with E-state index in [2.05, 4.69) is 21.7 Å². The van der Waals surface area contributed by atoms with Crippen LogP contribution in [-0.4, -0.2) is 52.1 Å². The zero-order valence-corrected chi connectivity index (χ0v) is 16.5. The molecule has 0 aromatic heterocycles.